The van der Waals surface area contributed by atoms with Crippen molar-refractivity contribution < 1.29 is 4.74 Å². The number of rotatable bonds is 3. The van der Waals surface area contributed by atoms with Crippen molar-refractivity contribution in [3.8, 4) is 0 Å². The third-order valence-corrected chi connectivity index (χ3v) is 4.87. The highest BCUT2D eigenvalue weighted by molar-refractivity contribution is 8.14. The number of hydrogen-bond donors (Lipinski definition) is 1. The molecule has 2 aliphatic rings. The van der Waals surface area contributed by atoms with Gasteiger partial charge in [0.25, 0.3) is 0 Å². The molecule has 2 rings (SSSR count). The van der Waals surface area contributed by atoms with Crippen LogP contribution < -0.4 is 5.32 Å². The van der Waals surface area contributed by atoms with Crippen LogP contribution in [0.1, 0.15) is 39.5 Å². The second-order valence-electron chi connectivity index (χ2n) is 5.63. The number of aliphatic imine (C=N–C) groups is 1. The Morgan fingerprint density at radius 3 is 3.18 bits per heavy atom. The molecule has 1 aliphatic heterocycles. The molecule has 3 unspecified atom stereocenters. The van der Waals surface area contributed by atoms with E-state index in [2.05, 4.69) is 24.2 Å². The molecular formula is C13H24N2OS. The van der Waals surface area contributed by atoms with E-state index in [1.165, 1.54) is 31.4 Å². The third-order valence-electron chi connectivity index (χ3n) is 3.69. The lowest BCUT2D eigenvalue weighted by Crippen LogP contribution is -2.47. The highest BCUT2D eigenvalue weighted by atomic mass is 32.2. The van der Waals surface area contributed by atoms with Gasteiger partial charge in [0.1, 0.15) is 0 Å². The molecule has 4 heteroatoms. The maximum Gasteiger partial charge on any atom is 0.157 e. The highest BCUT2D eigenvalue weighted by Crippen LogP contribution is 2.38. The Morgan fingerprint density at radius 1 is 1.65 bits per heavy atom. The van der Waals surface area contributed by atoms with Gasteiger partial charge in [-0.05, 0) is 25.7 Å². The fraction of sp³-hybridized carbons (Fsp3) is 0.923. The lowest BCUT2D eigenvalue weighted by Gasteiger charge is -2.36. The Kier molecular flexibility index (Phi) is 4.36. The van der Waals surface area contributed by atoms with Crippen LogP contribution in [0.3, 0.4) is 0 Å². The van der Waals surface area contributed by atoms with Gasteiger partial charge >= 0.3 is 0 Å². The summed E-state index contributed by atoms with van der Waals surface area (Å²) in [6.07, 6.45) is 5.36. The Bertz CT molecular complexity index is 295. The number of nitrogens with zero attached hydrogens (tertiary/aromatic N) is 1. The maximum atomic E-state index is 5.12. The van der Waals surface area contributed by atoms with Crippen LogP contribution in [-0.4, -0.2) is 36.2 Å². The van der Waals surface area contributed by atoms with Crippen LogP contribution in [0.15, 0.2) is 4.99 Å². The third kappa shape index (κ3) is 3.38. The fourth-order valence-corrected chi connectivity index (χ4v) is 4.25. The second kappa shape index (κ2) is 5.61. The Hall–Kier alpha value is -0.220. The molecule has 3 atom stereocenters. The summed E-state index contributed by atoms with van der Waals surface area (Å²) in [6.45, 7) is 5.18. The quantitative estimate of drug-likeness (QED) is 0.843. The first-order valence-corrected chi connectivity index (χ1v) is 7.60. The van der Waals surface area contributed by atoms with Crippen LogP contribution >= 0.6 is 11.8 Å². The van der Waals surface area contributed by atoms with Crippen molar-refractivity contribution in [2.24, 2.45) is 10.9 Å². The standard InChI is InChI=1S/C13H24N2OS/c1-10-5-4-6-13(7-10)9-17-12(15-13)14-11(2)8-16-3/h10-11H,4-9H2,1-3H3,(H,14,15). The van der Waals surface area contributed by atoms with Gasteiger partial charge < -0.3 is 10.1 Å². The zero-order valence-corrected chi connectivity index (χ0v) is 12.0. The van der Waals surface area contributed by atoms with Gasteiger partial charge in [-0.15, -0.1) is 0 Å². The summed E-state index contributed by atoms with van der Waals surface area (Å²) in [6, 6.07) is 0.256. The molecule has 1 saturated heterocycles. The largest absolute Gasteiger partial charge is 0.382 e. The molecule has 0 amide bonds. The summed E-state index contributed by atoms with van der Waals surface area (Å²) >= 11 is 1.89. The van der Waals surface area contributed by atoms with E-state index in [0.29, 0.717) is 12.1 Å². The topological polar surface area (TPSA) is 33.6 Å². The van der Waals surface area contributed by atoms with Crippen molar-refractivity contribution in [1.82, 2.24) is 5.32 Å². The zero-order chi connectivity index (χ0) is 12.3. The first-order chi connectivity index (χ1) is 8.13. The Labute approximate surface area is 109 Å². The van der Waals surface area contributed by atoms with Gasteiger partial charge in [0, 0.05) is 18.4 Å². The molecule has 2 fully saturated rings. The molecule has 0 aromatic carbocycles. The minimum atomic E-state index is 0.256. The van der Waals surface area contributed by atoms with Crippen molar-refractivity contribution in [1.29, 1.82) is 0 Å². The average molecular weight is 256 g/mol. The van der Waals surface area contributed by atoms with E-state index in [0.717, 1.165) is 11.1 Å². The van der Waals surface area contributed by atoms with Gasteiger partial charge in [0.2, 0.25) is 0 Å². The SMILES string of the molecule is COCC(C)N=C1NC2(CCCC(C)C2)CS1. The van der Waals surface area contributed by atoms with Crippen LogP contribution in [0.2, 0.25) is 0 Å². The lowest BCUT2D eigenvalue weighted by molar-refractivity contribution is 0.185. The Balaban J connectivity index is 1.94. The van der Waals surface area contributed by atoms with Crippen molar-refractivity contribution in [2.45, 2.75) is 51.1 Å². The number of ether oxygens (including phenoxy) is 1. The molecule has 0 bridgehead atoms. The van der Waals surface area contributed by atoms with E-state index in [1.807, 2.05) is 11.8 Å². The maximum absolute atomic E-state index is 5.12. The van der Waals surface area contributed by atoms with Crippen molar-refractivity contribution in [3.63, 3.8) is 0 Å². The molecular weight excluding hydrogens is 232 g/mol. The monoisotopic (exact) mass is 256 g/mol. The molecule has 1 heterocycles. The van der Waals surface area contributed by atoms with Crippen LogP contribution in [0.5, 0.6) is 0 Å². The zero-order valence-electron chi connectivity index (χ0n) is 11.2. The van der Waals surface area contributed by atoms with Gasteiger partial charge in [-0.1, -0.05) is 31.5 Å². The van der Waals surface area contributed by atoms with Crippen molar-refractivity contribution >= 4 is 16.9 Å². The molecule has 1 saturated carbocycles. The summed E-state index contributed by atoms with van der Waals surface area (Å²) in [5.41, 5.74) is 0.341. The smallest absolute Gasteiger partial charge is 0.157 e. The predicted molar refractivity (Wildman–Crippen MR) is 74.7 cm³/mol. The lowest BCUT2D eigenvalue weighted by atomic mass is 9.78. The average Bonchev–Trinajstić information content (AvgIpc) is 2.61. The van der Waals surface area contributed by atoms with Crippen LogP contribution in [0, 0.1) is 5.92 Å². The molecule has 17 heavy (non-hydrogen) atoms. The van der Waals surface area contributed by atoms with Gasteiger partial charge in [-0.2, -0.15) is 0 Å². The van der Waals surface area contributed by atoms with Crippen LogP contribution in [0.4, 0.5) is 0 Å². The van der Waals surface area contributed by atoms with Crippen LogP contribution in [-0.2, 0) is 4.74 Å². The van der Waals surface area contributed by atoms with E-state index in [9.17, 15) is 0 Å². The summed E-state index contributed by atoms with van der Waals surface area (Å²) in [5.74, 6) is 2.04. The normalized spacial score (nSPS) is 37.4. The van der Waals surface area contributed by atoms with E-state index in [1.54, 1.807) is 7.11 Å². The molecule has 0 aromatic rings. The number of hydrogen-bond acceptors (Lipinski definition) is 3. The molecule has 98 valence electrons. The number of methoxy groups -OCH3 is 1. The van der Waals surface area contributed by atoms with Crippen molar-refractivity contribution in [3.05, 3.63) is 0 Å². The summed E-state index contributed by atoms with van der Waals surface area (Å²) in [5, 5.41) is 4.81. The van der Waals surface area contributed by atoms with E-state index in [4.69, 9.17) is 4.74 Å². The van der Waals surface area contributed by atoms with Gasteiger partial charge in [0.15, 0.2) is 5.17 Å². The molecule has 0 radical (unpaired) electrons. The Morgan fingerprint density at radius 2 is 2.47 bits per heavy atom. The number of thioether (sulfide) groups is 1. The first kappa shape index (κ1) is 13.2. The predicted octanol–water partition coefficient (Wildman–Crippen LogP) is 2.66. The van der Waals surface area contributed by atoms with Gasteiger partial charge in [-0.25, -0.2) is 0 Å². The molecule has 1 N–H and O–H groups in total. The van der Waals surface area contributed by atoms with E-state index in [-0.39, 0.29) is 6.04 Å². The minimum Gasteiger partial charge on any atom is -0.382 e. The van der Waals surface area contributed by atoms with Gasteiger partial charge in [0.05, 0.1) is 12.6 Å². The molecule has 0 aromatic heterocycles. The highest BCUT2D eigenvalue weighted by Gasteiger charge is 2.40. The molecule has 1 aliphatic carbocycles. The summed E-state index contributed by atoms with van der Waals surface area (Å²) in [7, 11) is 1.73. The fourth-order valence-electron chi connectivity index (χ4n) is 2.96. The first-order valence-electron chi connectivity index (χ1n) is 6.61. The van der Waals surface area contributed by atoms with Gasteiger partial charge in [-0.3, -0.25) is 4.99 Å². The van der Waals surface area contributed by atoms with E-state index < -0.39 is 0 Å². The number of amidine groups is 1. The summed E-state index contributed by atoms with van der Waals surface area (Å²) < 4.78 is 5.12. The number of nitrogens with one attached hydrogen (secondary N) is 1. The molecule has 3 nitrogen and oxygen atoms in total. The molecule has 1 spiro atoms. The van der Waals surface area contributed by atoms with Crippen LogP contribution in [0.25, 0.3) is 0 Å². The second-order valence-corrected chi connectivity index (χ2v) is 6.60. The minimum absolute atomic E-state index is 0.256. The summed E-state index contributed by atoms with van der Waals surface area (Å²) in [4.78, 5) is 4.68. The van der Waals surface area contributed by atoms with Crippen molar-refractivity contribution in [2.75, 3.05) is 19.5 Å². The van der Waals surface area contributed by atoms with E-state index >= 15 is 0 Å².